The van der Waals surface area contributed by atoms with Crippen molar-refractivity contribution in [1.82, 2.24) is 4.57 Å². The fourth-order valence-electron chi connectivity index (χ4n) is 4.47. The van der Waals surface area contributed by atoms with Crippen molar-refractivity contribution in [3.8, 4) is 34.8 Å². The molecule has 0 saturated heterocycles. The molecule has 0 amide bonds. The zero-order valence-electron chi connectivity index (χ0n) is 19.5. The van der Waals surface area contributed by atoms with E-state index in [-0.39, 0.29) is 23.8 Å². The SMILES string of the molecule is COc1ccc([C@H]2C(C#N)=C(N)Oc3cc(C)n(Cc4ccc5c(c4)OCO5)c(=O)c32)c(OC)c1. The highest BCUT2D eigenvalue weighted by molar-refractivity contribution is 5.59. The summed E-state index contributed by atoms with van der Waals surface area (Å²) in [6.07, 6.45) is 0. The molecule has 1 atom stereocenters. The van der Waals surface area contributed by atoms with Gasteiger partial charge in [-0.1, -0.05) is 12.1 Å². The maximum absolute atomic E-state index is 13.9. The number of hydrogen-bond donors (Lipinski definition) is 1. The number of allylic oxidation sites excluding steroid dienone is 1. The quantitative estimate of drug-likeness (QED) is 0.600. The van der Waals surface area contributed by atoms with E-state index in [0.29, 0.717) is 52.1 Å². The minimum Gasteiger partial charge on any atom is -0.497 e. The minimum absolute atomic E-state index is 0.0461. The number of aryl methyl sites for hydroxylation is 1. The van der Waals surface area contributed by atoms with Crippen LogP contribution in [0.3, 0.4) is 0 Å². The first kappa shape index (κ1) is 22.2. The predicted molar refractivity (Wildman–Crippen MR) is 126 cm³/mol. The zero-order chi connectivity index (χ0) is 24.7. The summed E-state index contributed by atoms with van der Waals surface area (Å²) in [6, 6.07) is 14.7. The van der Waals surface area contributed by atoms with Gasteiger partial charge < -0.3 is 34.0 Å². The Labute approximate surface area is 201 Å². The van der Waals surface area contributed by atoms with E-state index in [4.69, 9.17) is 29.4 Å². The van der Waals surface area contributed by atoms with Gasteiger partial charge >= 0.3 is 0 Å². The van der Waals surface area contributed by atoms with E-state index < -0.39 is 5.92 Å². The van der Waals surface area contributed by atoms with Crippen molar-refractivity contribution in [3.05, 3.63) is 86.7 Å². The molecule has 0 unspecified atom stereocenters. The highest BCUT2D eigenvalue weighted by Crippen LogP contribution is 2.44. The Hall–Kier alpha value is -4.58. The third-order valence-electron chi connectivity index (χ3n) is 6.22. The van der Waals surface area contributed by atoms with Crippen LogP contribution >= 0.6 is 0 Å². The fourth-order valence-corrected chi connectivity index (χ4v) is 4.47. The van der Waals surface area contributed by atoms with E-state index in [2.05, 4.69) is 6.07 Å². The van der Waals surface area contributed by atoms with Gasteiger partial charge in [-0.05, 0) is 30.7 Å². The molecule has 2 aromatic carbocycles. The Kier molecular flexibility index (Phi) is 5.49. The van der Waals surface area contributed by atoms with Crippen LogP contribution in [0.15, 0.2) is 58.7 Å². The highest BCUT2D eigenvalue weighted by atomic mass is 16.7. The van der Waals surface area contributed by atoms with Gasteiger partial charge in [0.1, 0.15) is 28.9 Å². The molecule has 9 heteroatoms. The largest absolute Gasteiger partial charge is 0.497 e. The number of nitriles is 1. The number of pyridine rings is 1. The van der Waals surface area contributed by atoms with Crippen LogP contribution in [0.4, 0.5) is 0 Å². The fraction of sp³-hybridized carbons (Fsp3) is 0.231. The van der Waals surface area contributed by atoms with Crippen molar-refractivity contribution in [1.29, 1.82) is 5.26 Å². The Morgan fingerprint density at radius 2 is 1.89 bits per heavy atom. The Morgan fingerprint density at radius 3 is 2.63 bits per heavy atom. The first-order chi connectivity index (χ1) is 16.9. The van der Waals surface area contributed by atoms with E-state index in [1.807, 2.05) is 25.1 Å². The molecule has 1 aromatic heterocycles. The van der Waals surface area contributed by atoms with Gasteiger partial charge in [-0.15, -0.1) is 0 Å². The number of ether oxygens (including phenoxy) is 5. The van der Waals surface area contributed by atoms with Crippen LogP contribution in [0.25, 0.3) is 0 Å². The molecular formula is C26H23N3O6. The Balaban J connectivity index is 1.67. The molecule has 2 aliphatic heterocycles. The lowest BCUT2D eigenvalue weighted by Crippen LogP contribution is -2.33. The number of nitrogens with zero attached hydrogens (tertiary/aromatic N) is 2. The summed E-state index contributed by atoms with van der Waals surface area (Å²) in [4.78, 5) is 13.9. The summed E-state index contributed by atoms with van der Waals surface area (Å²) in [5, 5.41) is 9.95. The molecule has 0 spiro atoms. The van der Waals surface area contributed by atoms with E-state index in [9.17, 15) is 10.1 Å². The zero-order valence-corrected chi connectivity index (χ0v) is 19.5. The van der Waals surface area contributed by atoms with E-state index in [1.54, 1.807) is 35.9 Å². The van der Waals surface area contributed by atoms with Gasteiger partial charge in [-0.25, -0.2) is 0 Å². The van der Waals surface area contributed by atoms with Gasteiger partial charge in [-0.3, -0.25) is 4.79 Å². The summed E-state index contributed by atoms with van der Waals surface area (Å²) in [6.45, 7) is 2.28. The molecule has 2 aliphatic rings. The number of hydrogen-bond acceptors (Lipinski definition) is 8. The molecule has 0 radical (unpaired) electrons. The molecule has 3 aromatic rings. The second-order valence-corrected chi connectivity index (χ2v) is 8.18. The molecule has 178 valence electrons. The van der Waals surface area contributed by atoms with Crippen LogP contribution in [0.1, 0.15) is 28.3 Å². The van der Waals surface area contributed by atoms with Crippen molar-refractivity contribution < 1.29 is 23.7 Å². The second-order valence-electron chi connectivity index (χ2n) is 8.18. The second kappa shape index (κ2) is 8.65. The minimum atomic E-state index is -0.777. The molecule has 0 aliphatic carbocycles. The highest BCUT2D eigenvalue weighted by Gasteiger charge is 2.36. The number of rotatable bonds is 5. The summed E-state index contributed by atoms with van der Waals surface area (Å²) in [7, 11) is 3.07. The van der Waals surface area contributed by atoms with Gasteiger partial charge in [-0.2, -0.15) is 5.26 Å². The van der Waals surface area contributed by atoms with Crippen molar-refractivity contribution in [2.45, 2.75) is 19.4 Å². The first-order valence-corrected chi connectivity index (χ1v) is 10.9. The summed E-state index contributed by atoms with van der Waals surface area (Å²) in [5.41, 5.74) is 8.43. The maximum Gasteiger partial charge on any atom is 0.259 e. The lowest BCUT2D eigenvalue weighted by molar-refractivity contribution is 0.174. The van der Waals surface area contributed by atoms with E-state index in [0.717, 1.165) is 5.56 Å². The van der Waals surface area contributed by atoms with Gasteiger partial charge in [0, 0.05) is 23.4 Å². The predicted octanol–water partition coefficient (Wildman–Crippen LogP) is 3.17. The Bertz CT molecular complexity index is 1470. The molecule has 0 bridgehead atoms. The van der Waals surface area contributed by atoms with Crippen LogP contribution in [-0.4, -0.2) is 25.6 Å². The molecule has 5 rings (SSSR count). The van der Waals surface area contributed by atoms with Gasteiger partial charge in [0.25, 0.3) is 5.56 Å². The van der Waals surface area contributed by atoms with Crippen molar-refractivity contribution in [3.63, 3.8) is 0 Å². The van der Waals surface area contributed by atoms with Crippen LogP contribution in [0, 0.1) is 18.3 Å². The first-order valence-electron chi connectivity index (χ1n) is 10.9. The van der Waals surface area contributed by atoms with Crippen molar-refractivity contribution in [2.24, 2.45) is 5.73 Å². The van der Waals surface area contributed by atoms with Crippen molar-refractivity contribution in [2.75, 3.05) is 21.0 Å². The number of benzene rings is 2. The molecule has 9 nitrogen and oxygen atoms in total. The number of nitrogens with two attached hydrogens (primary N) is 1. The molecule has 35 heavy (non-hydrogen) atoms. The van der Waals surface area contributed by atoms with Crippen molar-refractivity contribution >= 4 is 0 Å². The molecule has 2 N–H and O–H groups in total. The topological polar surface area (TPSA) is 118 Å². The summed E-state index contributed by atoms with van der Waals surface area (Å²) >= 11 is 0. The smallest absolute Gasteiger partial charge is 0.259 e. The normalized spacial score (nSPS) is 15.8. The summed E-state index contributed by atoms with van der Waals surface area (Å²) < 4.78 is 29.1. The average Bonchev–Trinajstić information content (AvgIpc) is 3.33. The third-order valence-corrected chi connectivity index (χ3v) is 6.22. The maximum atomic E-state index is 13.9. The number of aromatic nitrogens is 1. The summed E-state index contributed by atoms with van der Waals surface area (Å²) in [5.74, 6) is 1.84. The average molecular weight is 473 g/mol. The molecule has 0 saturated carbocycles. The monoisotopic (exact) mass is 473 g/mol. The van der Waals surface area contributed by atoms with Gasteiger partial charge in [0.05, 0.1) is 32.2 Å². The molecule has 3 heterocycles. The van der Waals surface area contributed by atoms with E-state index in [1.165, 1.54) is 7.11 Å². The standard InChI is InChI=1S/C26H23N3O6/c1-14-8-22-24(26(30)29(14)12-15-4-7-19-21(9-15)34-13-33-19)23(18(11-27)25(28)35-22)17-6-5-16(31-2)10-20(17)32-3/h4-10,23H,12-13,28H2,1-3H3/t23-/m0/s1. The lowest BCUT2D eigenvalue weighted by Gasteiger charge is -2.28. The van der Waals surface area contributed by atoms with Crippen LogP contribution in [0.5, 0.6) is 28.7 Å². The van der Waals surface area contributed by atoms with Crippen LogP contribution in [0.2, 0.25) is 0 Å². The van der Waals surface area contributed by atoms with Gasteiger partial charge in [0.15, 0.2) is 11.5 Å². The third kappa shape index (κ3) is 3.69. The number of fused-ring (bicyclic) bond motifs is 2. The van der Waals surface area contributed by atoms with Crippen LogP contribution < -0.4 is 35.0 Å². The Morgan fingerprint density at radius 1 is 1.09 bits per heavy atom. The molecular weight excluding hydrogens is 450 g/mol. The van der Waals surface area contributed by atoms with E-state index >= 15 is 0 Å². The van der Waals surface area contributed by atoms with Crippen LogP contribution in [-0.2, 0) is 6.54 Å². The molecule has 0 fully saturated rings. The van der Waals surface area contributed by atoms with Gasteiger partial charge in [0.2, 0.25) is 12.7 Å². The number of methoxy groups -OCH3 is 2. The lowest BCUT2D eigenvalue weighted by atomic mass is 9.83.